The highest BCUT2D eigenvalue weighted by atomic mass is 19.1. The number of benzene rings is 2. The van der Waals surface area contributed by atoms with E-state index < -0.39 is 11.7 Å². The summed E-state index contributed by atoms with van der Waals surface area (Å²) in [7, 11) is 1.52. The topological polar surface area (TPSA) is 49.4 Å². The van der Waals surface area contributed by atoms with Crippen molar-refractivity contribution in [1.29, 1.82) is 0 Å². The quantitative estimate of drug-likeness (QED) is 0.926. The Labute approximate surface area is 127 Å². The Morgan fingerprint density at radius 1 is 1.18 bits per heavy atom. The van der Waals surface area contributed by atoms with Crippen LogP contribution in [0.1, 0.15) is 17.9 Å². The lowest BCUT2D eigenvalue weighted by molar-refractivity contribution is -0.124. The van der Waals surface area contributed by atoms with Crippen molar-refractivity contribution in [3.05, 3.63) is 59.9 Å². The smallest absolute Gasteiger partial charge is 0.234 e. The van der Waals surface area contributed by atoms with Gasteiger partial charge in [0, 0.05) is 19.2 Å². The van der Waals surface area contributed by atoms with Crippen molar-refractivity contribution in [2.75, 3.05) is 17.3 Å². The lowest BCUT2D eigenvalue weighted by Gasteiger charge is -2.28. The third-order valence-corrected chi connectivity index (χ3v) is 3.84. The zero-order valence-corrected chi connectivity index (χ0v) is 12.0. The molecule has 0 bridgehead atoms. The van der Waals surface area contributed by atoms with E-state index in [0.29, 0.717) is 5.69 Å². The van der Waals surface area contributed by atoms with Gasteiger partial charge in [-0.15, -0.1) is 0 Å². The molecule has 4 nitrogen and oxygen atoms in total. The van der Waals surface area contributed by atoms with Gasteiger partial charge in [0.25, 0.3) is 0 Å². The summed E-state index contributed by atoms with van der Waals surface area (Å²) >= 11 is 0. The largest absolute Gasteiger partial charge is 0.326 e. The second-order valence-electron chi connectivity index (χ2n) is 5.24. The summed E-state index contributed by atoms with van der Waals surface area (Å²) in [5.74, 6) is -1.58. The van der Waals surface area contributed by atoms with Crippen LogP contribution in [-0.4, -0.2) is 18.9 Å². The van der Waals surface area contributed by atoms with Crippen LogP contribution in [0.25, 0.3) is 0 Å². The summed E-state index contributed by atoms with van der Waals surface area (Å²) < 4.78 is 13.9. The van der Waals surface area contributed by atoms with Crippen molar-refractivity contribution in [2.24, 2.45) is 0 Å². The average molecular weight is 298 g/mol. The predicted molar refractivity (Wildman–Crippen MR) is 82.2 cm³/mol. The number of fused-ring (bicyclic) bond motifs is 1. The van der Waals surface area contributed by atoms with Crippen LogP contribution >= 0.6 is 0 Å². The molecule has 0 aliphatic carbocycles. The van der Waals surface area contributed by atoms with E-state index in [4.69, 9.17) is 0 Å². The number of likely N-dealkylation sites (N-methyl/N-ethyl adjacent to an activating group) is 1. The van der Waals surface area contributed by atoms with E-state index in [0.717, 1.165) is 5.56 Å². The minimum absolute atomic E-state index is 0.0641. The Bertz CT molecular complexity index is 745. The molecular formula is C17H15FN2O2. The highest BCUT2D eigenvalue weighted by Crippen LogP contribution is 2.34. The van der Waals surface area contributed by atoms with Crippen LogP contribution in [-0.2, 0) is 9.59 Å². The third-order valence-electron chi connectivity index (χ3n) is 3.84. The van der Waals surface area contributed by atoms with Gasteiger partial charge in [-0.2, -0.15) is 0 Å². The van der Waals surface area contributed by atoms with Gasteiger partial charge < -0.3 is 10.2 Å². The van der Waals surface area contributed by atoms with E-state index >= 15 is 0 Å². The zero-order chi connectivity index (χ0) is 15.7. The van der Waals surface area contributed by atoms with Crippen molar-refractivity contribution in [3.63, 3.8) is 0 Å². The molecule has 1 aliphatic heterocycles. The first-order chi connectivity index (χ1) is 10.6. The van der Waals surface area contributed by atoms with E-state index in [9.17, 15) is 14.0 Å². The summed E-state index contributed by atoms with van der Waals surface area (Å²) in [6, 6.07) is 13.3. The predicted octanol–water partition coefficient (Wildman–Crippen LogP) is 2.91. The number of nitrogens with one attached hydrogen (secondary N) is 1. The summed E-state index contributed by atoms with van der Waals surface area (Å²) in [6.45, 7) is 0. The monoisotopic (exact) mass is 298 g/mol. The van der Waals surface area contributed by atoms with Crippen LogP contribution < -0.4 is 10.2 Å². The molecule has 0 saturated heterocycles. The number of hydrogen-bond acceptors (Lipinski definition) is 2. The number of carbonyl (C=O) groups excluding carboxylic acids is 2. The lowest BCUT2D eigenvalue weighted by atomic mass is 9.89. The summed E-state index contributed by atoms with van der Waals surface area (Å²) in [6.07, 6.45) is 0.0641. The first-order valence-corrected chi connectivity index (χ1v) is 6.99. The van der Waals surface area contributed by atoms with Crippen LogP contribution in [0.4, 0.5) is 15.8 Å². The molecule has 0 aromatic heterocycles. The van der Waals surface area contributed by atoms with E-state index in [2.05, 4.69) is 5.32 Å². The molecule has 1 atom stereocenters. The van der Waals surface area contributed by atoms with E-state index in [1.807, 2.05) is 12.1 Å². The fraction of sp³-hybridized carbons (Fsp3) is 0.176. The van der Waals surface area contributed by atoms with E-state index in [-0.39, 0.29) is 23.9 Å². The van der Waals surface area contributed by atoms with Gasteiger partial charge in [0.05, 0.1) is 11.6 Å². The molecule has 1 heterocycles. The average Bonchev–Trinajstić information content (AvgIpc) is 2.53. The Morgan fingerprint density at radius 2 is 1.86 bits per heavy atom. The van der Waals surface area contributed by atoms with E-state index in [1.54, 1.807) is 30.3 Å². The van der Waals surface area contributed by atoms with Gasteiger partial charge in [-0.05, 0) is 23.8 Å². The number of halogens is 1. The van der Waals surface area contributed by atoms with Crippen LogP contribution in [0.5, 0.6) is 0 Å². The molecular weight excluding hydrogens is 283 g/mol. The number of hydrogen-bond donors (Lipinski definition) is 1. The van der Waals surface area contributed by atoms with Crippen molar-refractivity contribution in [1.82, 2.24) is 0 Å². The molecule has 5 heteroatoms. The fourth-order valence-electron chi connectivity index (χ4n) is 2.71. The van der Waals surface area contributed by atoms with Crippen molar-refractivity contribution >= 4 is 23.2 Å². The van der Waals surface area contributed by atoms with Crippen molar-refractivity contribution in [3.8, 4) is 0 Å². The van der Waals surface area contributed by atoms with Gasteiger partial charge in [0.15, 0.2) is 0 Å². The normalized spacial score (nSPS) is 16.6. The first-order valence-electron chi connectivity index (χ1n) is 6.99. The fourth-order valence-corrected chi connectivity index (χ4v) is 2.71. The zero-order valence-electron chi connectivity index (χ0n) is 12.0. The Balaban J connectivity index is 1.96. The standard InChI is InChI=1S/C17H15FN2O2/c1-20(15-9-5-3-7-13(15)18)17(22)12-10-16(21)19-14-8-4-2-6-11(12)14/h2-9,12H,10H2,1H3,(H,19,21). The summed E-state index contributed by atoms with van der Waals surface area (Å²) in [4.78, 5) is 25.8. The van der Waals surface area contributed by atoms with Gasteiger partial charge in [-0.1, -0.05) is 30.3 Å². The number of para-hydroxylation sites is 2. The first kappa shape index (κ1) is 14.3. The molecule has 1 aliphatic rings. The molecule has 0 fully saturated rings. The Morgan fingerprint density at radius 3 is 2.64 bits per heavy atom. The number of carbonyl (C=O) groups is 2. The minimum atomic E-state index is -0.602. The molecule has 1 unspecified atom stereocenters. The molecule has 2 amide bonds. The van der Waals surface area contributed by atoms with Crippen LogP contribution in [0.15, 0.2) is 48.5 Å². The number of amides is 2. The molecule has 22 heavy (non-hydrogen) atoms. The molecule has 112 valence electrons. The van der Waals surface area contributed by atoms with Crippen molar-refractivity contribution in [2.45, 2.75) is 12.3 Å². The number of rotatable bonds is 2. The van der Waals surface area contributed by atoms with Gasteiger partial charge in [0.2, 0.25) is 11.8 Å². The van der Waals surface area contributed by atoms with Gasteiger partial charge >= 0.3 is 0 Å². The maximum Gasteiger partial charge on any atom is 0.234 e. The summed E-state index contributed by atoms with van der Waals surface area (Å²) in [5, 5.41) is 2.75. The SMILES string of the molecule is CN(C(=O)C1CC(=O)Nc2ccccc21)c1ccccc1F. The molecule has 2 aromatic rings. The Kier molecular flexibility index (Phi) is 3.63. The lowest BCUT2D eigenvalue weighted by Crippen LogP contribution is -2.36. The second kappa shape index (κ2) is 5.60. The molecule has 2 aromatic carbocycles. The van der Waals surface area contributed by atoms with Crippen LogP contribution in [0.3, 0.4) is 0 Å². The highest BCUT2D eigenvalue weighted by molar-refractivity contribution is 6.05. The minimum Gasteiger partial charge on any atom is -0.326 e. The van der Waals surface area contributed by atoms with Gasteiger partial charge in [-0.3, -0.25) is 9.59 Å². The maximum atomic E-state index is 13.9. The van der Waals surface area contributed by atoms with Gasteiger partial charge in [0.1, 0.15) is 5.82 Å². The molecule has 3 rings (SSSR count). The van der Waals surface area contributed by atoms with E-state index in [1.165, 1.54) is 18.0 Å². The summed E-state index contributed by atoms with van der Waals surface area (Å²) in [5.41, 5.74) is 1.60. The number of nitrogens with zero attached hydrogens (tertiary/aromatic N) is 1. The van der Waals surface area contributed by atoms with Gasteiger partial charge in [-0.25, -0.2) is 4.39 Å². The molecule has 0 radical (unpaired) electrons. The maximum absolute atomic E-state index is 13.9. The van der Waals surface area contributed by atoms with Crippen molar-refractivity contribution < 1.29 is 14.0 Å². The molecule has 0 saturated carbocycles. The third kappa shape index (κ3) is 2.45. The highest BCUT2D eigenvalue weighted by Gasteiger charge is 2.33. The second-order valence-corrected chi connectivity index (χ2v) is 5.24. The Hall–Kier alpha value is -2.69. The van der Waals surface area contributed by atoms with Crippen LogP contribution in [0.2, 0.25) is 0 Å². The molecule has 0 spiro atoms. The van der Waals surface area contributed by atoms with Crippen LogP contribution in [0, 0.1) is 5.82 Å². The molecule has 1 N–H and O–H groups in total. The number of anilines is 2.